The van der Waals surface area contributed by atoms with E-state index in [1.54, 1.807) is 24.3 Å². The minimum absolute atomic E-state index is 0.00303. The number of carbonyl (C=O) groups is 3. The topological polar surface area (TPSA) is 161 Å². The summed E-state index contributed by atoms with van der Waals surface area (Å²) < 4.78 is 5.76. The highest BCUT2D eigenvalue weighted by molar-refractivity contribution is 5.95. The van der Waals surface area contributed by atoms with Gasteiger partial charge in [-0.25, -0.2) is 0 Å². The van der Waals surface area contributed by atoms with Gasteiger partial charge in [-0.2, -0.15) is 0 Å². The Morgan fingerprint density at radius 3 is 2.44 bits per heavy atom. The third-order valence-electron chi connectivity index (χ3n) is 5.71. The molecule has 1 heterocycles. The molecule has 0 bridgehead atoms. The zero-order chi connectivity index (χ0) is 25.5. The Kier molecular flexibility index (Phi) is 7.64. The molecule has 3 atom stereocenters. The van der Waals surface area contributed by atoms with E-state index in [1.165, 1.54) is 0 Å². The molecule has 3 aromatic carbocycles. The van der Waals surface area contributed by atoms with Crippen LogP contribution in [0.4, 0.5) is 0 Å². The number of amides is 3. The quantitative estimate of drug-likeness (QED) is 0.159. The normalized spacial score (nSPS) is 17.3. The lowest BCUT2D eigenvalue weighted by Gasteiger charge is -2.37. The second-order valence-electron chi connectivity index (χ2n) is 8.41. The van der Waals surface area contributed by atoms with Crippen molar-refractivity contribution in [2.75, 3.05) is 6.54 Å². The fraction of sp³-hybridized carbons (Fsp3) is 0.231. The predicted molar refractivity (Wildman–Crippen MR) is 136 cm³/mol. The van der Waals surface area contributed by atoms with Crippen molar-refractivity contribution >= 4 is 34.5 Å². The number of nitrogens with one attached hydrogen (secondary N) is 3. The lowest BCUT2D eigenvalue weighted by atomic mass is 10.00. The number of nitrogens with two attached hydrogens (primary N) is 2. The van der Waals surface area contributed by atoms with Crippen molar-refractivity contribution in [3.8, 4) is 5.75 Å². The van der Waals surface area contributed by atoms with Crippen molar-refractivity contribution in [1.82, 2.24) is 16.0 Å². The van der Waals surface area contributed by atoms with Gasteiger partial charge in [0.15, 0.2) is 12.0 Å². The largest absolute Gasteiger partial charge is 0.468 e. The maximum atomic E-state index is 13.2. The van der Waals surface area contributed by atoms with Crippen molar-refractivity contribution < 1.29 is 19.1 Å². The second kappa shape index (κ2) is 11.2. The number of ether oxygens (including phenoxy) is 1. The molecule has 3 amide bonds. The zero-order valence-corrected chi connectivity index (χ0v) is 19.5. The maximum absolute atomic E-state index is 13.2. The summed E-state index contributed by atoms with van der Waals surface area (Å²) in [6.45, 7) is 0.0938. The smallest absolute Gasteiger partial charge is 0.251 e. The molecule has 186 valence electrons. The molecule has 7 N–H and O–H groups in total. The Morgan fingerprint density at radius 1 is 1.00 bits per heavy atom. The first-order valence-corrected chi connectivity index (χ1v) is 11.5. The van der Waals surface area contributed by atoms with Gasteiger partial charge in [0, 0.05) is 12.8 Å². The fourth-order valence-corrected chi connectivity index (χ4v) is 3.86. The van der Waals surface area contributed by atoms with Gasteiger partial charge in [-0.05, 0) is 28.5 Å². The van der Waals surface area contributed by atoms with Gasteiger partial charge in [0.05, 0.1) is 6.54 Å². The molecule has 1 aliphatic heterocycles. The van der Waals surface area contributed by atoms with Gasteiger partial charge in [0.1, 0.15) is 11.8 Å². The molecular formula is C26H28N6O4. The van der Waals surface area contributed by atoms with E-state index in [9.17, 15) is 14.4 Å². The van der Waals surface area contributed by atoms with Crippen LogP contribution in [0.5, 0.6) is 5.75 Å². The van der Waals surface area contributed by atoms with E-state index in [-0.39, 0.29) is 31.3 Å². The number of carbonyl (C=O) groups excluding carboxylic acids is 3. The van der Waals surface area contributed by atoms with Crippen molar-refractivity contribution in [1.29, 1.82) is 0 Å². The van der Waals surface area contributed by atoms with Crippen LogP contribution in [0.25, 0.3) is 10.8 Å². The van der Waals surface area contributed by atoms with Gasteiger partial charge in [-0.15, -0.1) is 0 Å². The van der Waals surface area contributed by atoms with Gasteiger partial charge < -0.3 is 32.2 Å². The molecule has 10 heteroatoms. The van der Waals surface area contributed by atoms with Crippen LogP contribution >= 0.6 is 0 Å². The summed E-state index contributed by atoms with van der Waals surface area (Å²) in [5.74, 6) is -0.819. The third-order valence-corrected chi connectivity index (χ3v) is 5.71. The molecule has 1 fully saturated rings. The SMILES string of the molecule is NC(N)=NCCC(=O)NC(Cc1ccc2ccccc2c1)C(=O)NC1C(=O)NC1Oc1ccccc1. The van der Waals surface area contributed by atoms with Crippen LogP contribution in [-0.2, 0) is 20.8 Å². The summed E-state index contributed by atoms with van der Waals surface area (Å²) in [5, 5.41) is 10.2. The Bertz CT molecular complexity index is 1280. The number of nitrogens with zero attached hydrogens (tertiary/aromatic N) is 1. The minimum atomic E-state index is -0.927. The van der Waals surface area contributed by atoms with E-state index in [0.29, 0.717) is 5.75 Å². The first-order chi connectivity index (χ1) is 17.4. The summed E-state index contributed by atoms with van der Waals surface area (Å²) in [5.41, 5.74) is 11.5. The van der Waals surface area contributed by atoms with E-state index in [4.69, 9.17) is 16.2 Å². The summed E-state index contributed by atoms with van der Waals surface area (Å²) in [7, 11) is 0. The fourth-order valence-electron chi connectivity index (χ4n) is 3.86. The van der Waals surface area contributed by atoms with Crippen LogP contribution in [0, 0.1) is 0 Å². The van der Waals surface area contributed by atoms with Gasteiger partial charge >= 0.3 is 0 Å². The van der Waals surface area contributed by atoms with E-state index in [1.807, 2.05) is 48.5 Å². The van der Waals surface area contributed by atoms with Crippen LogP contribution in [-0.4, -0.2) is 48.5 Å². The predicted octanol–water partition coefficient (Wildman–Crippen LogP) is 0.550. The lowest BCUT2D eigenvalue weighted by molar-refractivity contribution is -0.144. The summed E-state index contributed by atoms with van der Waals surface area (Å²) in [4.78, 5) is 41.8. The van der Waals surface area contributed by atoms with E-state index in [0.717, 1.165) is 16.3 Å². The van der Waals surface area contributed by atoms with Gasteiger partial charge in [0.2, 0.25) is 18.0 Å². The molecule has 1 aliphatic rings. The molecule has 4 rings (SSSR count). The molecule has 0 radical (unpaired) electrons. The van der Waals surface area contributed by atoms with E-state index < -0.39 is 30.1 Å². The molecular weight excluding hydrogens is 460 g/mol. The number of hydrogen-bond acceptors (Lipinski definition) is 5. The van der Waals surface area contributed by atoms with Gasteiger partial charge in [-0.1, -0.05) is 60.7 Å². The van der Waals surface area contributed by atoms with Crippen molar-refractivity contribution in [2.45, 2.75) is 31.2 Å². The van der Waals surface area contributed by atoms with Crippen LogP contribution in [0.15, 0.2) is 77.8 Å². The summed E-state index contributed by atoms with van der Waals surface area (Å²) in [6, 6.07) is 20.8. The molecule has 0 aliphatic carbocycles. The molecule has 0 aromatic heterocycles. The average molecular weight is 489 g/mol. The number of benzene rings is 3. The second-order valence-corrected chi connectivity index (χ2v) is 8.41. The first kappa shape index (κ1) is 24.5. The zero-order valence-electron chi connectivity index (χ0n) is 19.5. The third kappa shape index (κ3) is 6.29. The average Bonchev–Trinajstić information content (AvgIpc) is 2.87. The van der Waals surface area contributed by atoms with Gasteiger partial charge in [0.25, 0.3) is 5.91 Å². The Balaban J connectivity index is 1.47. The maximum Gasteiger partial charge on any atom is 0.251 e. The first-order valence-electron chi connectivity index (χ1n) is 11.5. The number of hydrogen-bond donors (Lipinski definition) is 5. The van der Waals surface area contributed by atoms with E-state index in [2.05, 4.69) is 20.9 Å². The highest BCUT2D eigenvalue weighted by Gasteiger charge is 2.43. The number of guanidine groups is 1. The molecule has 0 spiro atoms. The van der Waals surface area contributed by atoms with Crippen molar-refractivity contribution in [3.63, 3.8) is 0 Å². The molecule has 0 saturated carbocycles. The molecule has 10 nitrogen and oxygen atoms in total. The summed E-state index contributed by atoms with van der Waals surface area (Å²) in [6.07, 6.45) is -0.491. The lowest BCUT2D eigenvalue weighted by Crippen LogP contribution is -2.72. The van der Waals surface area contributed by atoms with Crippen LogP contribution < -0.4 is 32.2 Å². The highest BCUT2D eigenvalue weighted by atomic mass is 16.5. The van der Waals surface area contributed by atoms with E-state index >= 15 is 0 Å². The summed E-state index contributed by atoms with van der Waals surface area (Å²) >= 11 is 0. The van der Waals surface area contributed by atoms with Crippen LogP contribution in [0.2, 0.25) is 0 Å². The van der Waals surface area contributed by atoms with Crippen LogP contribution in [0.3, 0.4) is 0 Å². The van der Waals surface area contributed by atoms with Crippen molar-refractivity contribution in [3.05, 3.63) is 78.4 Å². The standard InChI is InChI=1S/C26H28N6O4/c27-26(28)29-13-12-21(33)30-20(15-16-10-11-17-6-4-5-7-18(17)14-16)23(34)31-22-24(35)32-25(22)36-19-8-2-1-3-9-19/h1-11,14,20,22,25H,12-13,15H2,(H,30,33)(H,31,34)(H,32,35)(H4,27,28,29). The minimum Gasteiger partial charge on any atom is -0.468 e. The number of fused-ring (bicyclic) bond motifs is 1. The molecule has 1 saturated heterocycles. The highest BCUT2D eigenvalue weighted by Crippen LogP contribution is 2.18. The molecule has 3 aromatic rings. The molecule has 3 unspecified atom stereocenters. The number of β-lactam (4-membered cyclic amide) rings is 1. The Morgan fingerprint density at radius 2 is 1.72 bits per heavy atom. The number of aliphatic imine (C=N–C) groups is 1. The van der Waals surface area contributed by atoms with Gasteiger partial charge in [-0.3, -0.25) is 19.4 Å². The monoisotopic (exact) mass is 488 g/mol. The Labute approximate surface area is 208 Å². The number of rotatable bonds is 10. The number of para-hydroxylation sites is 1. The van der Waals surface area contributed by atoms with Crippen molar-refractivity contribution in [2.24, 2.45) is 16.5 Å². The molecule has 36 heavy (non-hydrogen) atoms. The Hall–Kier alpha value is -4.60. The van der Waals surface area contributed by atoms with Crippen LogP contribution in [0.1, 0.15) is 12.0 Å².